The molecule has 0 saturated heterocycles. The Labute approximate surface area is 173 Å². The number of benzene rings is 1. The summed E-state index contributed by atoms with van der Waals surface area (Å²) in [6.07, 6.45) is 2.24. The van der Waals surface area contributed by atoms with Crippen LogP contribution in [0.1, 0.15) is 62.9 Å². The van der Waals surface area contributed by atoms with Crippen molar-refractivity contribution in [3.8, 4) is 0 Å². The molecule has 162 valence electrons. The smallest absolute Gasteiger partial charge is 0.307 e. The summed E-state index contributed by atoms with van der Waals surface area (Å²) >= 11 is 0. The van der Waals surface area contributed by atoms with Crippen molar-refractivity contribution in [1.82, 2.24) is 9.62 Å². The van der Waals surface area contributed by atoms with Gasteiger partial charge < -0.3 is 9.64 Å². The van der Waals surface area contributed by atoms with E-state index in [4.69, 9.17) is 4.74 Å². The van der Waals surface area contributed by atoms with E-state index in [1.165, 1.54) is 12.1 Å². The van der Waals surface area contributed by atoms with Crippen molar-refractivity contribution in [2.75, 3.05) is 19.7 Å². The molecule has 0 radical (unpaired) electrons. The van der Waals surface area contributed by atoms with Crippen LogP contribution in [0.25, 0.3) is 0 Å². The Balaban J connectivity index is 2.26. The molecule has 29 heavy (non-hydrogen) atoms. The number of rotatable bonds is 9. The molecule has 2 rings (SSSR count). The zero-order chi connectivity index (χ0) is 21.8. The Kier molecular flexibility index (Phi) is 7.45. The monoisotopic (exact) mass is 424 g/mol. The molecule has 1 aliphatic rings. The number of amides is 1. The number of carbonyl (C=O) groups is 2. The van der Waals surface area contributed by atoms with Gasteiger partial charge in [-0.15, -0.1) is 0 Å². The first-order valence-corrected chi connectivity index (χ1v) is 11.5. The average Bonchev–Trinajstić information content (AvgIpc) is 3.40. The van der Waals surface area contributed by atoms with E-state index in [1.54, 1.807) is 45.6 Å². The molecule has 1 saturated carbocycles. The number of nitrogens with zero attached hydrogens (tertiary/aromatic N) is 1. The van der Waals surface area contributed by atoms with E-state index in [1.807, 2.05) is 0 Å². The zero-order valence-corrected chi connectivity index (χ0v) is 18.8. The number of carbonyl (C=O) groups excluding carboxylic acids is 2. The summed E-state index contributed by atoms with van der Waals surface area (Å²) in [5, 5.41) is 0. The summed E-state index contributed by atoms with van der Waals surface area (Å²) in [5.74, 6) is -0.161. The number of nitrogens with one attached hydrogen (secondary N) is 1. The topological polar surface area (TPSA) is 92.8 Å². The first kappa shape index (κ1) is 23.3. The Morgan fingerprint density at radius 1 is 1.24 bits per heavy atom. The van der Waals surface area contributed by atoms with E-state index < -0.39 is 15.6 Å². The lowest BCUT2D eigenvalue weighted by Gasteiger charge is -2.24. The van der Waals surface area contributed by atoms with Gasteiger partial charge in [-0.05, 0) is 71.1 Å². The standard InChI is InChI=1S/C21H32N2O5S/c1-6-28-19(24)11-12-23(14-16-8-9-16)20(25)18-13-17(10-7-15(18)2)29(26,27)22-21(3,4)5/h7,10,13,16,22H,6,8-9,11-12,14H2,1-5H3. The van der Waals surface area contributed by atoms with Crippen molar-refractivity contribution < 1.29 is 22.7 Å². The molecule has 0 heterocycles. The van der Waals surface area contributed by atoms with Crippen LogP contribution in [0.15, 0.2) is 23.1 Å². The maximum absolute atomic E-state index is 13.2. The van der Waals surface area contributed by atoms with Crippen molar-refractivity contribution in [2.45, 2.75) is 64.3 Å². The van der Waals surface area contributed by atoms with Gasteiger partial charge in [0.15, 0.2) is 0 Å². The van der Waals surface area contributed by atoms with Crippen LogP contribution in [-0.4, -0.2) is 50.4 Å². The molecule has 1 fully saturated rings. The fraction of sp³-hybridized carbons (Fsp3) is 0.619. The van der Waals surface area contributed by atoms with Crippen LogP contribution in [0.2, 0.25) is 0 Å². The molecule has 0 unspecified atom stereocenters. The second kappa shape index (κ2) is 9.26. The lowest BCUT2D eigenvalue weighted by atomic mass is 10.1. The predicted octanol–water partition coefficient (Wildman–Crippen LogP) is 2.88. The van der Waals surface area contributed by atoms with Crippen LogP contribution >= 0.6 is 0 Å². The number of sulfonamides is 1. The zero-order valence-electron chi connectivity index (χ0n) is 17.9. The van der Waals surface area contributed by atoms with Gasteiger partial charge in [0.25, 0.3) is 5.91 Å². The molecule has 8 heteroatoms. The summed E-state index contributed by atoms with van der Waals surface area (Å²) in [6.45, 7) is 9.93. The SMILES string of the molecule is CCOC(=O)CCN(CC1CC1)C(=O)c1cc(S(=O)(=O)NC(C)(C)C)ccc1C. The van der Waals surface area contributed by atoms with Gasteiger partial charge in [-0.1, -0.05) is 6.07 Å². The highest BCUT2D eigenvalue weighted by molar-refractivity contribution is 7.89. The quantitative estimate of drug-likeness (QED) is 0.615. The molecule has 1 aromatic rings. The van der Waals surface area contributed by atoms with Crippen LogP contribution in [0, 0.1) is 12.8 Å². The molecule has 0 bridgehead atoms. The van der Waals surface area contributed by atoms with Gasteiger partial charge in [0.2, 0.25) is 10.0 Å². The highest BCUT2D eigenvalue weighted by atomic mass is 32.2. The number of aryl methyl sites for hydroxylation is 1. The number of esters is 1. The van der Waals surface area contributed by atoms with Crippen LogP contribution < -0.4 is 4.72 Å². The second-order valence-electron chi connectivity index (χ2n) is 8.58. The van der Waals surface area contributed by atoms with Gasteiger partial charge in [-0.3, -0.25) is 9.59 Å². The van der Waals surface area contributed by atoms with Gasteiger partial charge in [0.1, 0.15) is 0 Å². The van der Waals surface area contributed by atoms with E-state index in [0.717, 1.165) is 12.8 Å². The minimum absolute atomic E-state index is 0.0538. The van der Waals surface area contributed by atoms with Crippen molar-refractivity contribution >= 4 is 21.9 Å². The number of hydrogen-bond acceptors (Lipinski definition) is 5. The van der Waals surface area contributed by atoms with Crippen LogP contribution in [0.3, 0.4) is 0 Å². The van der Waals surface area contributed by atoms with Crippen LogP contribution in [0.4, 0.5) is 0 Å². The Hall–Kier alpha value is -1.93. The molecule has 0 spiro atoms. The summed E-state index contributed by atoms with van der Waals surface area (Å²) < 4.78 is 32.9. The third kappa shape index (κ3) is 7.12. The fourth-order valence-corrected chi connectivity index (χ4v) is 4.42. The second-order valence-corrected chi connectivity index (χ2v) is 10.3. The summed E-state index contributed by atoms with van der Waals surface area (Å²) in [4.78, 5) is 26.7. The van der Waals surface area contributed by atoms with Crippen molar-refractivity contribution in [3.05, 3.63) is 29.3 Å². The van der Waals surface area contributed by atoms with Gasteiger partial charge in [-0.2, -0.15) is 0 Å². The minimum atomic E-state index is -3.76. The summed E-state index contributed by atoms with van der Waals surface area (Å²) in [5.41, 5.74) is 0.402. The molecule has 1 aliphatic carbocycles. The highest BCUT2D eigenvalue weighted by Gasteiger charge is 2.29. The maximum Gasteiger partial charge on any atom is 0.307 e. The van der Waals surface area contributed by atoms with Crippen LogP contribution in [0.5, 0.6) is 0 Å². The normalized spacial score (nSPS) is 14.5. The molecule has 0 atom stereocenters. The van der Waals surface area contributed by atoms with Gasteiger partial charge in [0, 0.05) is 24.2 Å². The molecule has 7 nitrogen and oxygen atoms in total. The van der Waals surface area contributed by atoms with E-state index in [9.17, 15) is 18.0 Å². The molecule has 0 aliphatic heterocycles. The average molecular weight is 425 g/mol. The molecule has 1 N–H and O–H groups in total. The minimum Gasteiger partial charge on any atom is -0.466 e. The Bertz CT molecular complexity index is 854. The van der Waals surface area contributed by atoms with Gasteiger partial charge >= 0.3 is 5.97 Å². The van der Waals surface area contributed by atoms with Crippen LogP contribution in [-0.2, 0) is 19.6 Å². The largest absolute Gasteiger partial charge is 0.466 e. The van der Waals surface area contributed by atoms with Gasteiger partial charge in [0.05, 0.1) is 17.9 Å². The summed E-state index contributed by atoms with van der Waals surface area (Å²) in [7, 11) is -3.76. The predicted molar refractivity (Wildman–Crippen MR) is 111 cm³/mol. The van der Waals surface area contributed by atoms with Crippen molar-refractivity contribution in [3.63, 3.8) is 0 Å². The van der Waals surface area contributed by atoms with E-state index >= 15 is 0 Å². The highest BCUT2D eigenvalue weighted by Crippen LogP contribution is 2.30. The van der Waals surface area contributed by atoms with Gasteiger partial charge in [-0.25, -0.2) is 13.1 Å². The number of hydrogen-bond donors (Lipinski definition) is 1. The molecule has 0 aromatic heterocycles. The molecule has 1 amide bonds. The van der Waals surface area contributed by atoms with Crippen molar-refractivity contribution in [2.24, 2.45) is 5.92 Å². The number of ether oxygens (including phenoxy) is 1. The third-order valence-electron chi connectivity index (χ3n) is 4.54. The van der Waals surface area contributed by atoms with E-state index in [-0.39, 0.29) is 29.7 Å². The van der Waals surface area contributed by atoms with E-state index in [2.05, 4.69) is 4.72 Å². The van der Waals surface area contributed by atoms with E-state index in [0.29, 0.717) is 30.2 Å². The first-order valence-electron chi connectivity index (χ1n) is 10.0. The molecule has 1 aromatic carbocycles. The Morgan fingerprint density at radius 3 is 2.45 bits per heavy atom. The first-order chi connectivity index (χ1) is 13.4. The lowest BCUT2D eigenvalue weighted by molar-refractivity contribution is -0.143. The van der Waals surface area contributed by atoms with Crippen molar-refractivity contribution in [1.29, 1.82) is 0 Å². The lowest BCUT2D eigenvalue weighted by Crippen LogP contribution is -2.40. The fourth-order valence-electron chi connectivity index (χ4n) is 2.98. The Morgan fingerprint density at radius 2 is 1.90 bits per heavy atom. The third-order valence-corrected chi connectivity index (χ3v) is 6.30. The summed E-state index contributed by atoms with van der Waals surface area (Å²) in [6, 6.07) is 4.57. The molecular formula is C21H32N2O5S. The molecular weight excluding hydrogens is 392 g/mol. The maximum atomic E-state index is 13.2.